The molecule has 158 valence electrons. The Morgan fingerprint density at radius 1 is 1.26 bits per heavy atom. The minimum Gasteiger partial charge on any atom is -0.506 e. The van der Waals surface area contributed by atoms with Crippen molar-refractivity contribution in [1.29, 1.82) is 0 Å². The number of benzene rings is 2. The molecule has 1 heterocycles. The van der Waals surface area contributed by atoms with Gasteiger partial charge in [-0.3, -0.25) is 24.6 Å². The van der Waals surface area contributed by atoms with Crippen molar-refractivity contribution in [2.24, 2.45) is 0 Å². The van der Waals surface area contributed by atoms with Crippen LogP contribution in [-0.4, -0.2) is 37.6 Å². The first-order valence-corrected chi connectivity index (χ1v) is 10.3. The number of phenolic OH excluding ortho intramolecular Hbond substituents is 1. The molecule has 1 saturated heterocycles. The molecule has 0 aromatic heterocycles. The molecule has 2 aromatic carbocycles. The van der Waals surface area contributed by atoms with E-state index in [1.807, 2.05) is 36.4 Å². The summed E-state index contributed by atoms with van der Waals surface area (Å²) in [5.74, 6) is -1.10. The molecule has 0 bridgehead atoms. The maximum Gasteiger partial charge on any atom is 0.271 e. The average Bonchev–Trinajstić information content (AvgIpc) is 3.01. The zero-order valence-corrected chi connectivity index (χ0v) is 17.7. The van der Waals surface area contributed by atoms with Gasteiger partial charge in [-0.15, -0.1) is 0 Å². The first kappa shape index (κ1) is 22.2. The second-order valence-electron chi connectivity index (χ2n) is 6.38. The van der Waals surface area contributed by atoms with Gasteiger partial charge in [-0.1, -0.05) is 66.5 Å². The summed E-state index contributed by atoms with van der Waals surface area (Å²) in [5.41, 5.74) is 0.657. The molecule has 8 nitrogen and oxygen atoms in total. The van der Waals surface area contributed by atoms with E-state index in [0.29, 0.717) is 9.23 Å². The van der Waals surface area contributed by atoms with Gasteiger partial charge < -0.3 is 10.4 Å². The molecule has 0 unspecified atom stereocenters. The smallest absolute Gasteiger partial charge is 0.271 e. The molecular formula is C21H17N3O5S2. The number of carbonyl (C=O) groups excluding carboxylic acids is 2. The van der Waals surface area contributed by atoms with Crippen LogP contribution >= 0.6 is 24.0 Å². The lowest BCUT2D eigenvalue weighted by Gasteiger charge is -2.14. The molecule has 3 rings (SSSR count). The van der Waals surface area contributed by atoms with Crippen LogP contribution in [-0.2, 0) is 9.59 Å². The van der Waals surface area contributed by atoms with E-state index in [4.69, 9.17) is 12.2 Å². The van der Waals surface area contributed by atoms with Crippen molar-refractivity contribution in [3.8, 4) is 5.75 Å². The van der Waals surface area contributed by atoms with Crippen LogP contribution in [0.5, 0.6) is 5.75 Å². The Labute approximate surface area is 187 Å². The van der Waals surface area contributed by atoms with Crippen LogP contribution in [0.3, 0.4) is 0 Å². The van der Waals surface area contributed by atoms with E-state index in [-0.39, 0.29) is 36.0 Å². The summed E-state index contributed by atoms with van der Waals surface area (Å²) >= 11 is 6.39. The number of non-ortho nitro benzene ring substituents is 1. The summed E-state index contributed by atoms with van der Waals surface area (Å²) in [4.78, 5) is 36.8. The van der Waals surface area contributed by atoms with E-state index in [0.717, 1.165) is 35.5 Å². The molecule has 1 aliphatic heterocycles. The number of hydrogen-bond donors (Lipinski definition) is 2. The van der Waals surface area contributed by atoms with E-state index in [2.05, 4.69) is 5.32 Å². The number of anilines is 1. The number of phenols is 1. The molecule has 1 aliphatic rings. The highest BCUT2D eigenvalue weighted by Gasteiger charge is 2.31. The highest BCUT2D eigenvalue weighted by molar-refractivity contribution is 8.26. The number of nitrogens with zero attached hydrogens (tertiary/aromatic N) is 2. The number of allylic oxidation sites excluding steroid dienone is 2. The molecule has 0 aliphatic carbocycles. The lowest BCUT2D eigenvalue weighted by molar-refractivity contribution is -0.384. The van der Waals surface area contributed by atoms with Gasteiger partial charge in [-0.05, 0) is 17.7 Å². The maximum absolute atomic E-state index is 12.6. The number of thiocarbonyl (C=S) groups is 1. The number of thioether (sulfide) groups is 1. The van der Waals surface area contributed by atoms with Crippen LogP contribution < -0.4 is 5.32 Å². The van der Waals surface area contributed by atoms with Crippen LogP contribution in [0.1, 0.15) is 12.0 Å². The van der Waals surface area contributed by atoms with Gasteiger partial charge in [0.1, 0.15) is 10.1 Å². The molecule has 2 N–H and O–H groups in total. The zero-order valence-electron chi connectivity index (χ0n) is 16.1. The van der Waals surface area contributed by atoms with E-state index in [1.165, 1.54) is 4.90 Å². The molecule has 2 amide bonds. The van der Waals surface area contributed by atoms with Crippen LogP contribution in [0.4, 0.5) is 11.4 Å². The number of nitro benzene ring substituents is 1. The number of rotatable bonds is 7. The second kappa shape index (κ2) is 10.0. The van der Waals surface area contributed by atoms with Crippen LogP contribution in [0.15, 0.2) is 65.6 Å². The number of nitrogens with one attached hydrogen (secondary N) is 1. The van der Waals surface area contributed by atoms with Crippen molar-refractivity contribution in [3.05, 3.63) is 81.3 Å². The standard InChI is InChI=1S/C21H17N3O5S2/c25-17-10-9-15(24(28)29)13-16(17)22-19(26)11-12-23-20(27)18(31-21(23)30)8-4-7-14-5-2-1-3-6-14/h1-10,13,25H,11-12H2,(H,22,26). The fourth-order valence-electron chi connectivity index (χ4n) is 2.68. The van der Waals surface area contributed by atoms with E-state index < -0.39 is 10.8 Å². The summed E-state index contributed by atoms with van der Waals surface area (Å²) < 4.78 is 0.343. The van der Waals surface area contributed by atoms with E-state index >= 15 is 0 Å². The number of nitro groups is 1. The van der Waals surface area contributed by atoms with Gasteiger partial charge in [0, 0.05) is 25.1 Å². The Morgan fingerprint density at radius 2 is 2.00 bits per heavy atom. The third kappa shape index (κ3) is 5.77. The van der Waals surface area contributed by atoms with Gasteiger partial charge in [-0.25, -0.2) is 0 Å². The van der Waals surface area contributed by atoms with Crippen LogP contribution in [0.25, 0.3) is 6.08 Å². The predicted molar refractivity (Wildman–Crippen MR) is 123 cm³/mol. The van der Waals surface area contributed by atoms with Crippen molar-refractivity contribution in [2.45, 2.75) is 6.42 Å². The molecule has 10 heteroatoms. The highest BCUT2D eigenvalue weighted by Crippen LogP contribution is 2.31. The minimum absolute atomic E-state index is 0.0475. The first-order chi connectivity index (χ1) is 14.8. The zero-order chi connectivity index (χ0) is 22.4. The van der Waals surface area contributed by atoms with Gasteiger partial charge in [0.05, 0.1) is 15.5 Å². The fraction of sp³-hybridized carbons (Fsp3) is 0.0952. The Balaban J connectivity index is 1.58. The molecule has 31 heavy (non-hydrogen) atoms. The normalized spacial score (nSPS) is 15.1. The maximum atomic E-state index is 12.6. The van der Waals surface area contributed by atoms with Crippen molar-refractivity contribution < 1.29 is 19.6 Å². The first-order valence-electron chi connectivity index (χ1n) is 9.09. The number of carbonyl (C=O) groups is 2. The molecule has 0 atom stereocenters. The molecular weight excluding hydrogens is 438 g/mol. The SMILES string of the molecule is O=C(CCN1C(=O)C(=CC=Cc2ccccc2)SC1=S)Nc1cc([N+](=O)[O-])ccc1O. The van der Waals surface area contributed by atoms with Gasteiger partial charge in [0.15, 0.2) is 0 Å². The van der Waals surface area contributed by atoms with Crippen molar-refractivity contribution in [2.75, 3.05) is 11.9 Å². The third-order valence-corrected chi connectivity index (χ3v) is 5.63. The molecule has 0 saturated carbocycles. The topological polar surface area (TPSA) is 113 Å². The fourth-order valence-corrected chi connectivity index (χ4v) is 3.94. The monoisotopic (exact) mass is 455 g/mol. The molecule has 0 spiro atoms. The lowest BCUT2D eigenvalue weighted by atomic mass is 10.2. The van der Waals surface area contributed by atoms with Crippen LogP contribution in [0.2, 0.25) is 0 Å². The summed E-state index contributed by atoms with van der Waals surface area (Å²) in [5, 5.41) is 23.1. The second-order valence-corrected chi connectivity index (χ2v) is 8.06. The van der Waals surface area contributed by atoms with Crippen molar-refractivity contribution in [3.63, 3.8) is 0 Å². The van der Waals surface area contributed by atoms with E-state index in [9.17, 15) is 24.8 Å². The third-order valence-electron chi connectivity index (χ3n) is 4.24. The molecule has 1 fully saturated rings. The quantitative estimate of drug-likeness (QED) is 0.213. The van der Waals surface area contributed by atoms with Crippen molar-refractivity contribution in [1.82, 2.24) is 4.90 Å². The Bertz CT molecular complexity index is 1100. The van der Waals surface area contributed by atoms with Crippen LogP contribution in [0, 0.1) is 10.1 Å². The summed E-state index contributed by atoms with van der Waals surface area (Å²) in [6.07, 6.45) is 5.21. The minimum atomic E-state index is -0.631. The van der Waals surface area contributed by atoms with E-state index in [1.54, 1.807) is 12.2 Å². The van der Waals surface area contributed by atoms with Gasteiger partial charge in [-0.2, -0.15) is 0 Å². The average molecular weight is 456 g/mol. The van der Waals surface area contributed by atoms with Gasteiger partial charge in [0.25, 0.3) is 11.6 Å². The Kier molecular flexibility index (Phi) is 7.16. The van der Waals surface area contributed by atoms with Gasteiger partial charge >= 0.3 is 0 Å². The summed E-state index contributed by atoms with van der Waals surface area (Å²) in [6, 6.07) is 12.9. The number of amides is 2. The molecule has 2 aromatic rings. The summed E-state index contributed by atoms with van der Waals surface area (Å²) in [6.45, 7) is 0.0475. The Morgan fingerprint density at radius 3 is 2.71 bits per heavy atom. The largest absolute Gasteiger partial charge is 0.506 e. The highest BCUT2D eigenvalue weighted by atomic mass is 32.2. The molecule has 0 radical (unpaired) electrons. The Hall–Kier alpha value is -3.50. The lowest BCUT2D eigenvalue weighted by Crippen LogP contribution is -2.31. The number of aromatic hydroxyl groups is 1. The van der Waals surface area contributed by atoms with Crippen molar-refractivity contribution >= 4 is 57.6 Å². The summed E-state index contributed by atoms with van der Waals surface area (Å²) in [7, 11) is 0. The number of hydrogen-bond acceptors (Lipinski definition) is 7. The predicted octanol–water partition coefficient (Wildman–Crippen LogP) is 4.09. The van der Waals surface area contributed by atoms with Gasteiger partial charge in [0.2, 0.25) is 5.91 Å².